The summed E-state index contributed by atoms with van der Waals surface area (Å²) in [5, 5.41) is 84.8. The fourth-order valence-electron chi connectivity index (χ4n) is 8.28. The summed E-state index contributed by atoms with van der Waals surface area (Å²) in [4.78, 5) is 8.84. The number of nitrogens with one attached hydrogen (secondary N) is 11. The van der Waals surface area contributed by atoms with Crippen molar-refractivity contribution in [2.45, 2.75) is 133 Å². The molecule has 5 aliphatic rings. The molecule has 0 amide bonds. The first-order valence-electron chi connectivity index (χ1n) is 18.8. The Balaban J connectivity index is 1.05. The van der Waals surface area contributed by atoms with E-state index in [4.69, 9.17) is 25.8 Å². The highest BCUT2D eigenvalue weighted by Crippen LogP contribution is 2.33. The lowest BCUT2D eigenvalue weighted by atomic mass is 9.79. The van der Waals surface area contributed by atoms with Gasteiger partial charge in [-0.3, -0.25) is 69.0 Å². The third kappa shape index (κ3) is 13.1. The van der Waals surface area contributed by atoms with E-state index >= 15 is 0 Å². The third-order valence-corrected chi connectivity index (χ3v) is 10.8. The first-order valence-corrected chi connectivity index (χ1v) is 18.8. The number of azo groups is 1. The van der Waals surface area contributed by atoms with Crippen molar-refractivity contribution in [2.75, 3.05) is 46.2 Å². The quantitative estimate of drug-likeness (QED) is 0.0414. The van der Waals surface area contributed by atoms with Gasteiger partial charge in [-0.05, 0) is 82.0 Å². The minimum Gasteiger partial charge on any atom is -0.395 e. The maximum Gasteiger partial charge on any atom is 0.116 e. The number of nitrogens with zero attached hydrogens (tertiary/aromatic N) is 2. The van der Waals surface area contributed by atoms with E-state index in [1.807, 2.05) is 0 Å². The molecule has 5 rings (SSSR count). The van der Waals surface area contributed by atoms with Gasteiger partial charge in [-0.25, -0.2) is 9.78 Å². The van der Waals surface area contributed by atoms with Gasteiger partial charge in [0.05, 0.1) is 45.2 Å². The predicted molar refractivity (Wildman–Crippen MR) is 185 cm³/mol. The molecule has 2 heterocycles. The van der Waals surface area contributed by atoms with E-state index in [-0.39, 0.29) is 81.8 Å². The predicted octanol–water partition coefficient (Wildman–Crippen LogP) is -2.06. The van der Waals surface area contributed by atoms with Crippen molar-refractivity contribution in [3.63, 3.8) is 0 Å². The number of hydrogen-bond donors (Lipinski definition) is 15. The molecule has 290 valence electrons. The molecule has 0 radical (unpaired) electrons. The molecule has 0 aromatic carbocycles. The molecule has 10 atom stereocenters. The van der Waals surface area contributed by atoms with Gasteiger partial charge in [-0.2, -0.15) is 10.2 Å². The van der Waals surface area contributed by atoms with Gasteiger partial charge < -0.3 is 10.2 Å². The van der Waals surface area contributed by atoms with Crippen LogP contribution in [0.2, 0.25) is 0 Å². The number of rotatable bonds is 18. The molecule has 19 heteroatoms. The van der Waals surface area contributed by atoms with Crippen LogP contribution in [0.4, 0.5) is 0 Å². The standard InChI is InChI=1S/C31H65N13O6/c1-19-12-24(6-7-26(19)44-43-25-14-20(16-49-47)13-21(15-25)17-50-48)38-31-41-28(33-9-11-46)40-30(42-31)37-23-4-2-22(3-5-23)36-29-35-18-34-27(39-29)32-8-10-45/h19-42,45-48H,2-18H2,1H3. The highest BCUT2D eigenvalue weighted by Gasteiger charge is 2.35. The molecule has 5 fully saturated rings. The lowest BCUT2D eigenvalue weighted by Crippen LogP contribution is -2.78. The van der Waals surface area contributed by atoms with Crippen molar-refractivity contribution < 1.29 is 30.5 Å². The van der Waals surface area contributed by atoms with Gasteiger partial charge in [0.1, 0.15) is 31.4 Å². The van der Waals surface area contributed by atoms with Gasteiger partial charge in [0.15, 0.2) is 0 Å². The Kier molecular flexibility index (Phi) is 17.3. The molecular formula is C31H65N13O6. The van der Waals surface area contributed by atoms with Crippen LogP contribution >= 0.6 is 0 Å². The van der Waals surface area contributed by atoms with Gasteiger partial charge in [0, 0.05) is 31.2 Å². The summed E-state index contributed by atoms with van der Waals surface area (Å²) in [6.45, 7) is 4.60. The second-order valence-corrected chi connectivity index (χ2v) is 14.8. The normalized spacial score (nSPS) is 40.3. The van der Waals surface area contributed by atoms with Crippen LogP contribution in [0.5, 0.6) is 0 Å². The fraction of sp³-hybridized carbons (Fsp3) is 1.00. The lowest BCUT2D eigenvalue weighted by Gasteiger charge is -2.44. The minimum atomic E-state index is -0.181. The van der Waals surface area contributed by atoms with Crippen LogP contribution < -0.4 is 58.5 Å². The van der Waals surface area contributed by atoms with E-state index in [9.17, 15) is 5.11 Å². The van der Waals surface area contributed by atoms with Gasteiger partial charge in [-0.1, -0.05) is 6.92 Å². The van der Waals surface area contributed by atoms with Crippen LogP contribution in [0.3, 0.4) is 0 Å². The molecule has 10 unspecified atom stereocenters. The minimum absolute atomic E-state index is 0.000931. The highest BCUT2D eigenvalue weighted by molar-refractivity contribution is 4.91. The molecule has 0 bridgehead atoms. The largest absolute Gasteiger partial charge is 0.395 e. The van der Waals surface area contributed by atoms with E-state index in [1.165, 1.54) is 0 Å². The summed E-state index contributed by atoms with van der Waals surface area (Å²) >= 11 is 0. The monoisotopic (exact) mass is 716 g/mol. The summed E-state index contributed by atoms with van der Waals surface area (Å²) < 4.78 is 0. The Morgan fingerprint density at radius 2 is 1.12 bits per heavy atom. The van der Waals surface area contributed by atoms with Gasteiger partial charge >= 0.3 is 0 Å². The third-order valence-electron chi connectivity index (χ3n) is 10.8. The van der Waals surface area contributed by atoms with Crippen LogP contribution in [-0.4, -0.2) is 129 Å². The molecule has 0 spiro atoms. The summed E-state index contributed by atoms with van der Waals surface area (Å²) in [5.74, 6) is 0.688. The maximum atomic E-state index is 9.46. The zero-order valence-electron chi connectivity index (χ0n) is 29.5. The van der Waals surface area contributed by atoms with E-state index in [0.29, 0.717) is 43.8 Å². The van der Waals surface area contributed by atoms with Crippen LogP contribution in [-0.2, 0) is 9.78 Å². The number of hydrogen-bond acceptors (Lipinski definition) is 19. The van der Waals surface area contributed by atoms with Gasteiger partial charge in [0.25, 0.3) is 0 Å². The van der Waals surface area contributed by atoms with E-state index in [0.717, 1.165) is 64.2 Å². The molecule has 2 aliphatic heterocycles. The topological polar surface area (TPSA) is 256 Å². The summed E-state index contributed by atoms with van der Waals surface area (Å²) in [6.07, 6.45) is 9.08. The SMILES string of the molecule is CC1CC(NC2NC(NCCO)NC(NC3CCC(NC4NCNC(NCCO)N4)CC3)N2)CCC1N=NC1CC(COO)CC(COO)C1. The van der Waals surface area contributed by atoms with Crippen molar-refractivity contribution >= 4 is 0 Å². The second-order valence-electron chi connectivity index (χ2n) is 14.8. The van der Waals surface area contributed by atoms with E-state index in [1.54, 1.807) is 0 Å². The Bertz CT molecular complexity index is 958. The van der Waals surface area contributed by atoms with Gasteiger partial charge in [0.2, 0.25) is 0 Å². The first-order chi connectivity index (χ1) is 24.4. The van der Waals surface area contributed by atoms with Crippen LogP contribution in [0.25, 0.3) is 0 Å². The highest BCUT2D eigenvalue weighted by atomic mass is 17.1. The molecule has 0 aromatic rings. The smallest absolute Gasteiger partial charge is 0.116 e. The van der Waals surface area contributed by atoms with Crippen LogP contribution in [0.1, 0.15) is 71.1 Å². The first kappa shape index (κ1) is 40.1. The maximum absolute atomic E-state index is 9.46. The summed E-state index contributed by atoms with van der Waals surface area (Å²) in [6, 6.07) is 1.28. The Morgan fingerprint density at radius 1 is 0.600 bits per heavy atom. The van der Waals surface area contributed by atoms with Crippen molar-refractivity contribution in [1.82, 2.24) is 58.5 Å². The second kappa shape index (κ2) is 21.6. The van der Waals surface area contributed by atoms with Gasteiger partial charge in [-0.15, -0.1) is 0 Å². The zero-order valence-corrected chi connectivity index (χ0v) is 29.5. The molecule has 3 saturated carbocycles. The van der Waals surface area contributed by atoms with Crippen molar-refractivity contribution in [3.05, 3.63) is 0 Å². The number of aliphatic hydroxyl groups is 2. The van der Waals surface area contributed by atoms with Crippen molar-refractivity contribution in [2.24, 2.45) is 28.0 Å². The molecule has 15 N–H and O–H groups in total. The van der Waals surface area contributed by atoms with E-state index < -0.39 is 0 Å². The van der Waals surface area contributed by atoms with E-state index in [2.05, 4.69) is 75.2 Å². The Labute approximate surface area is 295 Å². The number of aliphatic hydroxyl groups excluding tert-OH is 2. The fourth-order valence-corrected chi connectivity index (χ4v) is 8.28. The Morgan fingerprint density at radius 3 is 1.72 bits per heavy atom. The summed E-state index contributed by atoms with van der Waals surface area (Å²) in [5.41, 5.74) is 0. The average Bonchev–Trinajstić information content (AvgIpc) is 3.11. The molecule has 3 aliphatic carbocycles. The molecule has 50 heavy (non-hydrogen) atoms. The molecule has 0 aromatic heterocycles. The molecule has 19 nitrogen and oxygen atoms in total. The van der Waals surface area contributed by atoms with Crippen LogP contribution in [0, 0.1) is 17.8 Å². The van der Waals surface area contributed by atoms with Crippen molar-refractivity contribution in [3.8, 4) is 0 Å². The average molecular weight is 716 g/mol. The van der Waals surface area contributed by atoms with Crippen LogP contribution in [0.15, 0.2) is 10.2 Å². The Hall–Kier alpha value is -1.08. The van der Waals surface area contributed by atoms with Crippen molar-refractivity contribution in [1.29, 1.82) is 0 Å². The lowest BCUT2D eigenvalue weighted by molar-refractivity contribution is -0.263. The summed E-state index contributed by atoms with van der Waals surface area (Å²) in [7, 11) is 0. The zero-order chi connectivity index (χ0) is 35.1. The molecule has 2 saturated heterocycles. The molecular weight excluding hydrogens is 650 g/mol.